The summed E-state index contributed by atoms with van der Waals surface area (Å²) >= 11 is 0. The van der Waals surface area contributed by atoms with E-state index in [9.17, 15) is 14.4 Å². The van der Waals surface area contributed by atoms with Crippen LogP contribution < -0.4 is 0 Å². The van der Waals surface area contributed by atoms with Crippen molar-refractivity contribution < 1.29 is 28.6 Å². The zero-order chi connectivity index (χ0) is 58.5. The summed E-state index contributed by atoms with van der Waals surface area (Å²) in [7, 11) is 0. The number of allylic oxidation sites excluding steroid dienone is 24. The molecule has 0 rings (SSSR count). The van der Waals surface area contributed by atoms with Gasteiger partial charge in [0.1, 0.15) is 13.2 Å². The summed E-state index contributed by atoms with van der Waals surface area (Å²) in [4.78, 5) is 38.3. The number of unbranched alkanes of at least 4 members (excludes halogenated alkanes) is 24. The molecule has 0 aromatic heterocycles. The summed E-state index contributed by atoms with van der Waals surface area (Å²) in [5, 5.41) is 0. The van der Waals surface area contributed by atoms with E-state index < -0.39 is 6.10 Å². The molecule has 0 radical (unpaired) electrons. The van der Waals surface area contributed by atoms with Crippen molar-refractivity contribution in [3.05, 3.63) is 146 Å². The van der Waals surface area contributed by atoms with Crippen LogP contribution in [-0.4, -0.2) is 37.2 Å². The van der Waals surface area contributed by atoms with Gasteiger partial charge in [0.25, 0.3) is 0 Å². The molecule has 81 heavy (non-hydrogen) atoms. The first-order valence-electron chi connectivity index (χ1n) is 33.3. The van der Waals surface area contributed by atoms with Crippen LogP contribution in [0, 0.1) is 0 Å². The average molecular weight is 1120 g/mol. The minimum Gasteiger partial charge on any atom is -0.462 e. The number of ether oxygens (including phenoxy) is 3. The van der Waals surface area contributed by atoms with Gasteiger partial charge in [-0.2, -0.15) is 0 Å². The number of esters is 3. The highest BCUT2D eigenvalue weighted by Crippen LogP contribution is 2.15. The molecule has 458 valence electrons. The molecule has 0 fully saturated rings. The molecule has 0 saturated heterocycles. The van der Waals surface area contributed by atoms with Crippen LogP contribution >= 0.6 is 0 Å². The fraction of sp³-hybridized carbons (Fsp3) is 0.640. The van der Waals surface area contributed by atoms with Crippen molar-refractivity contribution in [2.45, 2.75) is 297 Å². The van der Waals surface area contributed by atoms with Crippen LogP contribution in [0.4, 0.5) is 0 Å². The van der Waals surface area contributed by atoms with Gasteiger partial charge in [0, 0.05) is 19.3 Å². The summed E-state index contributed by atoms with van der Waals surface area (Å²) < 4.78 is 16.9. The molecule has 6 heteroatoms. The largest absolute Gasteiger partial charge is 0.462 e. The number of rotatable bonds is 59. The SMILES string of the molecule is CC/C=C\C/C=C\C/C=C\C/C=C\C/C=C\CCCCCCCCCC(=O)OC(COC(=O)CC/C=C\C/C=C\C/C=C\C/C=C\CC)COC(=O)CCCCCCCCCCCCCC/C=C\C/C=C\C/C=C\CCCCCCC. The van der Waals surface area contributed by atoms with Crippen LogP contribution in [0.5, 0.6) is 0 Å². The minimum absolute atomic E-state index is 0.110. The van der Waals surface area contributed by atoms with Gasteiger partial charge >= 0.3 is 17.9 Å². The topological polar surface area (TPSA) is 78.9 Å². The van der Waals surface area contributed by atoms with Gasteiger partial charge in [-0.25, -0.2) is 0 Å². The average Bonchev–Trinajstić information content (AvgIpc) is 3.46. The smallest absolute Gasteiger partial charge is 0.306 e. The highest BCUT2D eigenvalue weighted by molar-refractivity contribution is 5.71. The van der Waals surface area contributed by atoms with Crippen LogP contribution in [0.2, 0.25) is 0 Å². The highest BCUT2D eigenvalue weighted by Gasteiger charge is 2.19. The molecule has 0 bridgehead atoms. The number of hydrogen-bond acceptors (Lipinski definition) is 6. The first kappa shape index (κ1) is 76.3. The molecular formula is C75H122O6. The Morgan fingerprint density at radius 3 is 0.827 bits per heavy atom. The lowest BCUT2D eigenvalue weighted by atomic mass is 10.0. The van der Waals surface area contributed by atoms with Crippen molar-refractivity contribution in [1.29, 1.82) is 0 Å². The maximum absolute atomic E-state index is 12.9. The Labute approximate surface area is 499 Å². The lowest BCUT2D eigenvalue weighted by Gasteiger charge is -2.18. The Morgan fingerprint density at radius 2 is 0.506 bits per heavy atom. The van der Waals surface area contributed by atoms with E-state index in [1.54, 1.807) is 0 Å². The molecule has 0 aliphatic carbocycles. The Bertz CT molecular complexity index is 1760. The second-order valence-corrected chi connectivity index (χ2v) is 21.6. The molecule has 0 aliphatic heterocycles. The predicted octanol–water partition coefficient (Wildman–Crippen LogP) is 23.1. The Kier molecular flexibility index (Phi) is 63.9. The predicted molar refractivity (Wildman–Crippen MR) is 352 cm³/mol. The molecule has 0 amide bonds. The molecule has 0 heterocycles. The second-order valence-electron chi connectivity index (χ2n) is 21.6. The Balaban J connectivity index is 4.38. The van der Waals surface area contributed by atoms with Crippen molar-refractivity contribution in [2.24, 2.45) is 0 Å². The van der Waals surface area contributed by atoms with E-state index in [-0.39, 0.29) is 37.5 Å². The van der Waals surface area contributed by atoms with Gasteiger partial charge in [-0.3, -0.25) is 14.4 Å². The molecule has 0 saturated carbocycles. The van der Waals surface area contributed by atoms with Crippen molar-refractivity contribution in [3.63, 3.8) is 0 Å². The summed E-state index contributed by atoms with van der Waals surface area (Å²) in [5.41, 5.74) is 0. The minimum atomic E-state index is -0.821. The maximum atomic E-state index is 12.9. The van der Waals surface area contributed by atoms with Crippen molar-refractivity contribution >= 4 is 17.9 Å². The van der Waals surface area contributed by atoms with E-state index in [4.69, 9.17) is 14.2 Å². The third-order valence-electron chi connectivity index (χ3n) is 13.8. The summed E-state index contributed by atoms with van der Waals surface area (Å²) in [6, 6.07) is 0. The van der Waals surface area contributed by atoms with Gasteiger partial charge in [0.05, 0.1) is 0 Å². The normalized spacial score (nSPS) is 13.1. The molecule has 6 nitrogen and oxygen atoms in total. The maximum Gasteiger partial charge on any atom is 0.306 e. The van der Waals surface area contributed by atoms with Crippen LogP contribution in [0.1, 0.15) is 290 Å². The number of hydrogen-bond donors (Lipinski definition) is 0. The highest BCUT2D eigenvalue weighted by atomic mass is 16.6. The number of carbonyl (C=O) groups is 3. The summed E-state index contributed by atoms with van der Waals surface area (Å²) in [5.74, 6) is -1.01. The first-order valence-corrected chi connectivity index (χ1v) is 33.3. The summed E-state index contributed by atoms with van der Waals surface area (Å²) in [6.07, 6.45) is 97.3. The van der Waals surface area contributed by atoms with Gasteiger partial charge in [0.15, 0.2) is 6.10 Å². The molecule has 0 aromatic carbocycles. The Hall–Kier alpha value is -4.71. The molecule has 1 atom stereocenters. The molecule has 0 aliphatic rings. The first-order chi connectivity index (χ1) is 40.0. The van der Waals surface area contributed by atoms with E-state index in [1.165, 1.54) is 122 Å². The zero-order valence-corrected chi connectivity index (χ0v) is 52.5. The van der Waals surface area contributed by atoms with Gasteiger partial charge in [-0.1, -0.05) is 289 Å². The van der Waals surface area contributed by atoms with E-state index in [0.29, 0.717) is 19.3 Å². The van der Waals surface area contributed by atoms with Gasteiger partial charge < -0.3 is 14.2 Å². The quantitative estimate of drug-likeness (QED) is 0.0261. The third-order valence-corrected chi connectivity index (χ3v) is 13.8. The fourth-order valence-corrected chi connectivity index (χ4v) is 8.90. The molecule has 0 N–H and O–H groups in total. The van der Waals surface area contributed by atoms with E-state index in [1.807, 2.05) is 6.08 Å². The molecule has 0 aromatic rings. The lowest BCUT2D eigenvalue weighted by Crippen LogP contribution is -2.30. The number of carbonyl (C=O) groups excluding carboxylic acids is 3. The third kappa shape index (κ3) is 66.0. The van der Waals surface area contributed by atoms with Crippen molar-refractivity contribution in [1.82, 2.24) is 0 Å². The van der Waals surface area contributed by atoms with Crippen LogP contribution in [-0.2, 0) is 28.6 Å². The monoisotopic (exact) mass is 1120 g/mol. The van der Waals surface area contributed by atoms with E-state index >= 15 is 0 Å². The molecular weight excluding hydrogens is 997 g/mol. The van der Waals surface area contributed by atoms with Gasteiger partial charge in [-0.15, -0.1) is 0 Å². The zero-order valence-electron chi connectivity index (χ0n) is 52.5. The van der Waals surface area contributed by atoms with E-state index in [2.05, 4.69) is 161 Å². The second kappa shape index (κ2) is 67.8. The van der Waals surface area contributed by atoms with Crippen LogP contribution in [0.3, 0.4) is 0 Å². The molecule has 0 spiro atoms. The van der Waals surface area contributed by atoms with Gasteiger partial charge in [-0.05, 0) is 128 Å². The lowest BCUT2D eigenvalue weighted by molar-refractivity contribution is -0.166. The standard InChI is InChI=1S/C75H122O6/c1-4-7-10-13-16-19-22-25-27-29-31-33-35-36-37-38-40-41-43-45-47-50-53-56-59-62-65-68-74(77)80-71-72(70-79-73(76)67-64-61-58-55-52-49-24-21-18-15-12-9-6-3)81-75(78)69-66-63-60-57-54-51-48-46-44-42-39-34-32-30-28-26-23-20-17-14-11-8-5-2/h8-9,11-12,17-18,20-22,25-26,28-29,31-32,34-36,42,44,49,52,58,61,72H,4-7,10,13-16,19,23-24,27,30,33,37-41,43,45-48,50-51,53-57,59-60,62-71H2,1-3H3/b11-8-,12-9-,20-17-,21-18-,25-22-,28-26-,31-29-,34-32-,36-35-,44-42-,52-49-,61-58-. The van der Waals surface area contributed by atoms with Crippen molar-refractivity contribution in [2.75, 3.05) is 13.2 Å². The molecule has 1 unspecified atom stereocenters. The Morgan fingerprint density at radius 1 is 0.259 bits per heavy atom. The van der Waals surface area contributed by atoms with Crippen LogP contribution in [0.25, 0.3) is 0 Å². The van der Waals surface area contributed by atoms with E-state index in [0.717, 1.165) is 122 Å². The summed E-state index contributed by atoms with van der Waals surface area (Å²) in [6.45, 7) is 6.33. The fourth-order valence-electron chi connectivity index (χ4n) is 8.90. The van der Waals surface area contributed by atoms with Crippen LogP contribution in [0.15, 0.2) is 146 Å². The van der Waals surface area contributed by atoms with Crippen molar-refractivity contribution in [3.8, 4) is 0 Å². The van der Waals surface area contributed by atoms with Gasteiger partial charge in [0.2, 0.25) is 0 Å².